The number of fused-ring (bicyclic) bond motifs is 1. The molecule has 21 heavy (non-hydrogen) atoms. The molecule has 3 nitrogen and oxygen atoms in total. The van der Waals surface area contributed by atoms with Gasteiger partial charge in [-0.1, -0.05) is 60.8 Å². The second-order valence-electron chi connectivity index (χ2n) is 5.00. The lowest BCUT2D eigenvalue weighted by Gasteiger charge is -2.19. The zero-order valence-corrected chi connectivity index (χ0v) is 13.2. The summed E-state index contributed by atoms with van der Waals surface area (Å²) in [7, 11) is 0. The van der Waals surface area contributed by atoms with Crippen LogP contribution in [-0.2, 0) is 6.42 Å². The van der Waals surface area contributed by atoms with E-state index in [1.54, 1.807) is 0 Å². The summed E-state index contributed by atoms with van der Waals surface area (Å²) in [5.74, 6) is 0. The van der Waals surface area contributed by atoms with Gasteiger partial charge in [0.15, 0.2) is 0 Å². The summed E-state index contributed by atoms with van der Waals surface area (Å²) in [5, 5.41) is 10.4. The SMILES string of the molecule is CCNC(c1snnc1CC)c1cccc2ccccc12. The fourth-order valence-electron chi connectivity index (χ4n) is 2.73. The maximum Gasteiger partial charge on any atom is 0.0804 e. The van der Waals surface area contributed by atoms with Gasteiger partial charge in [-0.05, 0) is 40.8 Å². The number of benzene rings is 2. The van der Waals surface area contributed by atoms with Gasteiger partial charge in [0.05, 0.1) is 16.6 Å². The van der Waals surface area contributed by atoms with Gasteiger partial charge in [0.2, 0.25) is 0 Å². The molecule has 0 radical (unpaired) electrons. The molecule has 1 aromatic heterocycles. The molecule has 0 fully saturated rings. The minimum absolute atomic E-state index is 0.163. The summed E-state index contributed by atoms with van der Waals surface area (Å²) in [6, 6.07) is 15.2. The Balaban J connectivity index is 2.16. The zero-order chi connectivity index (χ0) is 14.7. The molecule has 0 bridgehead atoms. The van der Waals surface area contributed by atoms with Crippen LogP contribution in [0.4, 0.5) is 0 Å². The van der Waals surface area contributed by atoms with Crippen molar-refractivity contribution in [2.45, 2.75) is 26.3 Å². The van der Waals surface area contributed by atoms with Crippen LogP contribution in [0.15, 0.2) is 42.5 Å². The number of rotatable bonds is 5. The zero-order valence-electron chi connectivity index (χ0n) is 12.3. The van der Waals surface area contributed by atoms with Gasteiger partial charge in [0.25, 0.3) is 0 Å². The summed E-state index contributed by atoms with van der Waals surface area (Å²) in [6.45, 7) is 5.18. The van der Waals surface area contributed by atoms with E-state index in [0.29, 0.717) is 0 Å². The highest BCUT2D eigenvalue weighted by molar-refractivity contribution is 7.05. The van der Waals surface area contributed by atoms with Crippen LogP contribution in [0.3, 0.4) is 0 Å². The van der Waals surface area contributed by atoms with E-state index >= 15 is 0 Å². The summed E-state index contributed by atoms with van der Waals surface area (Å²) in [4.78, 5) is 1.23. The molecule has 1 unspecified atom stereocenters. The second-order valence-corrected chi connectivity index (χ2v) is 5.78. The summed E-state index contributed by atoms with van der Waals surface area (Å²) >= 11 is 1.50. The summed E-state index contributed by atoms with van der Waals surface area (Å²) in [5.41, 5.74) is 2.40. The molecule has 0 aliphatic rings. The number of hydrogen-bond donors (Lipinski definition) is 1. The Morgan fingerprint density at radius 3 is 2.71 bits per heavy atom. The molecule has 3 aromatic rings. The normalized spacial score (nSPS) is 12.7. The summed E-state index contributed by atoms with van der Waals surface area (Å²) in [6.07, 6.45) is 0.915. The van der Waals surface area contributed by atoms with Crippen molar-refractivity contribution in [3.63, 3.8) is 0 Å². The first-order chi connectivity index (χ1) is 10.3. The van der Waals surface area contributed by atoms with E-state index in [1.807, 2.05) is 0 Å². The molecule has 0 aliphatic carbocycles. The molecular formula is C17H19N3S. The van der Waals surface area contributed by atoms with Crippen molar-refractivity contribution in [3.05, 3.63) is 58.6 Å². The van der Waals surface area contributed by atoms with Gasteiger partial charge in [-0.2, -0.15) is 0 Å². The van der Waals surface area contributed by atoms with Crippen molar-refractivity contribution in [2.24, 2.45) is 0 Å². The first kappa shape index (κ1) is 14.2. The summed E-state index contributed by atoms with van der Waals surface area (Å²) < 4.78 is 4.15. The number of nitrogens with one attached hydrogen (secondary N) is 1. The topological polar surface area (TPSA) is 37.8 Å². The highest BCUT2D eigenvalue weighted by Gasteiger charge is 2.21. The molecule has 2 aromatic carbocycles. The quantitative estimate of drug-likeness (QED) is 0.775. The van der Waals surface area contributed by atoms with Crippen LogP contribution in [0.5, 0.6) is 0 Å². The fourth-order valence-corrected chi connectivity index (χ4v) is 3.56. The fraction of sp³-hybridized carbons (Fsp3) is 0.294. The van der Waals surface area contributed by atoms with E-state index in [1.165, 1.54) is 32.7 Å². The molecule has 108 valence electrons. The third kappa shape index (κ3) is 2.69. The first-order valence-corrected chi connectivity index (χ1v) is 8.14. The van der Waals surface area contributed by atoms with E-state index in [0.717, 1.165) is 18.7 Å². The third-order valence-electron chi connectivity index (χ3n) is 3.72. The standard InChI is InChI=1S/C17H19N3S/c1-3-15-17(21-20-19-15)16(18-4-2)14-11-7-9-12-8-5-6-10-13(12)14/h5-11,16,18H,3-4H2,1-2H3. The molecule has 0 amide bonds. The van der Waals surface area contributed by atoms with Crippen molar-refractivity contribution < 1.29 is 0 Å². The maximum absolute atomic E-state index is 4.27. The molecule has 0 saturated heterocycles. The minimum Gasteiger partial charge on any atom is -0.306 e. The lowest BCUT2D eigenvalue weighted by Crippen LogP contribution is -2.22. The minimum atomic E-state index is 0.163. The monoisotopic (exact) mass is 297 g/mol. The average Bonchev–Trinajstić information content (AvgIpc) is 3.00. The smallest absolute Gasteiger partial charge is 0.0804 e. The molecule has 3 rings (SSSR count). The molecule has 0 aliphatic heterocycles. The lowest BCUT2D eigenvalue weighted by atomic mass is 9.96. The van der Waals surface area contributed by atoms with Crippen LogP contribution >= 0.6 is 11.5 Å². The first-order valence-electron chi connectivity index (χ1n) is 7.37. The molecule has 0 saturated carbocycles. The predicted molar refractivity (Wildman–Crippen MR) is 88.8 cm³/mol. The molecule has 1 atom stereocenters. The highest BCUT2D eigenvalue weighted by atomic mass is 32.1. The molecule has 0 spiro atoms. The Labute approximate surface area is 129 Å². The molecular weight excluding hydrogens is 278 g/mol. The van der Waals surface area contributed by atoms with Crippen LogP contribution in [0.25, 0.3) is 10.8 Å². The number of hydrogen-bond acceptors (Lipinski definition) is 4. The molecule has 4 heteroatoms. The average molecular weight is 297 g/mol. The molecule has 1 N–H and O–H groups in total. The van der Waals surface area contributed by atoms with Crippen molar-refractivity contribution in [1.29, 1.82) is 0 Å². The number of nitrogens with zero attached hydrogens (tertiary/aromatic N) is 2. The number of aryl methyl sites for hydroxylation is 1. The van der Waals surface area contributed by atoms with Crippen LogP contribution in [0, 0.1) is 0 Å². The van der Waals surface area contributed by atoms with E-state index < -0.39 is 0 Å². The van der Waals surface area contributed by atoms with Crippen LogP contribution in [0.1, 0.15) is 36.0 Å². The van der Waals surface area contributed by atoms with Crippen molar-refractivity contribution in [2.75, 3.05) is 6.54 Å². The Morgan fingerprint density at radius 1 is 1.10 bits per heavy atom. The van der Waals surface area contributed by atoms with Crippen molar-refractivity contribution in [1.82, 2.24) is 14.9 Å². The van der Waals surface area contributed by atoms with E-state index in [4.69, 9.17) is 0 Å². The van der Waals surface area contributed by atoms with Crippen LogP contribution < -0.4 is 5.32 Å². The Morgan fingerprint density at radius 2 is 1.90 bits per heavy atom. The molecule has 1 heterocycles. The predicted octanol–water partition coefficient (Wildman–Crippen LogP) is 3.95. The van der Waals surface area contributed by atoms with Gasteiger partial charge in [-0.25, -0.2) is 0 Å². The second kappa shape index (κ2) is 6.33. The Hall–Kier alpha value is -1.78. The maximum atomic E-state index is 4.27. The van der Waals surface area contributed by atoms with Crippen LogP contribution in [-0.4, -0.2) is 16.1 Å². The number of aromatic nitrogens is 2. The van der Waals surface area contributed by atoms with E-state index in [2.05, 4.69) is 71.2 Å². The Kier molecular flexibility index (Phi) is 4.27. The van der Waals surface area contributed by atoms with Gasteiger partial charge in [0.1, 0.15) is 0 Å². The van der Waals surface area contributed by atoms with Crippen molar-refractivity contribution in [3.8, 4) is 0 Å². The van der Waals surface area contributed by atoms with Gasteiger partial charge >= 0.3 is 0 Å². The van der Waals surface area contributed by atoms with Crippen LogP contribution in [0.2, 0.25) is 0 Å². The highest BCUT2D eigenvalue weighted by Crippen LogP contribution is 2.32. The third-order valence-corrected chi connectivity index (χ3v) is 4.56. The van der Waals surface area contributed by atoms with E-state index in [-0.39, 0.29) is 6.04 Å². The van der Waals surface area contributed by atoms with E-state index in [9.17, 15) is 0 Å². The Bertz CT molecular complexity index is 730. The largest absolute Gasteiger partial charge is 0.306 e. The van der Waals surface area contributed by atoms with Gasteiger partial charge in [0, 0.05) is 0 Å². The van der Waals surface area contributed by atoms with Gasteiger partial charge in [-0.3, -0.25) is 0 Å². The van der Waals surface area contributed by atoms with Gasteiger partial charge < -0.3 is 5.32 Å². The van der Waals surface area contributed by atoms with Crippen molar-refractivity contribution >= 4 is 22.3 Å². The lowest BCUT2D eigenvalue weighted by molar-refractivity contribution is 0.636. The van der Waals surface area contributed by atoms with Gasteiger partial charge in [-0.15, -0.1) is 5.10 Å².